The molecule has 0 bridgehead atoms. The van der Waals surface area contributed by atoms with Crippen molar-refractivity contribution in [3.8, 4) is 11.1 Å². The highest BCUT2D eigenvalue weighted by Gasteiger charge is 2.36. The van der Waals surface area contributed by atoms with Gasteiger partial charge in [0.25, 0.3) is 0 Å². The van der Waals surface area contributed by atoms with Crippen molar-refractivity contribution < 1.29 is 8.78 Å². The summed E-state index contributed by atoms with van der Waals surface area (Å²) in [6, 6.07) is 3.63. The Balaban J connectivity index is 1.47. The molecular formula is C18H16F2N6. The van der Waals surface area contributed by atoms with Crippen molar-refractivity contribution >= 4 is 22.6 Å². The summed E-state index contributed by atoms with van der Waals surface area (Å²) in [4.78, 5) is 15.8. The molecule has 1 aliphatic rings. The monoisotopic (exact) mass is 354 g/mol. The smallest absolute Gasteiger partial charge is 0.224 e. The molecule has 4 aromatic rings. The van der Waals surface area contributed by atoms with Crippen molar-refractivity contribution in [3.63, 3.8) is 0 Å². The Hall–Kier alpha value is -3.03. The average Bonchev–Trinajstić information content (AvgIpc) is 3.21. The van der Waals surface area contributed by atoms with Gasteiger partial charge >= 0.3 is 0 Å². The summed E-state index contributed by atoms with van der Waals surface area (Å²) >= 11 is 0. The Kier molecular flexibility index (Phi) is 3.22. The molecule has 0 aromatic carbocycles. The predicted molar refractivity (Wildman–Crippen MR) is 94.2 cm³/mol. The van der Waals surface area contributed by atoms with Gasteiger partial charge in [-0.25, -0.2) is 14.4 Å². The van der Waals surface area contributed by atoms with E-state index in [2.05, 4.69) is 25.3 Å². The molecule has 8 heteroatoms. The summed E-state index contributed by atoms with van der Waals surface area (Å²) in [5, 5.41) is 3.79. The van der Waals surface area contributed by atoms with E-state index in [4.69, 9.17) is 0 Å². The molecule has 0 saturated heterocycles. The van der Waals surface area contributed by atoms with Gasteiger partial charge in [0.2, 0.25) is 11.9 Å². The van der Waals surface area contributed by atoms with E-state index in [9.17, 15) is 8.78 Å². The summed E-state index contributed by atoms with van der Waals surface area (Å²) < 4.78 is 29.3. The second-order valence-corrected chi connectivity index (χ2v) is 6.74. The van der Waals surface area contributed by atoms with Gasteiger partial charge in [0.1, 0.15) is 17.0 Å². The van der Waals surface area contributed by atoms with Crippen LogP contribution in [0, 0.1) is 5.95 Å². The SMILES string of the molecule is Fc1cnc2ccc(-c3c[nH]c4nc(NCC5(F)CCC5)ncc34)cn12. The Morgan fingerprint density at radius 3 is 2.92 bits per heavy atom. The second kappa shape index (κ2) is 5.48. The number of hydrogen-bond acceptors (Lipinski definition) is 4. The van der Waals surface area contributed by atoms with Crippen molar-refractivity contribution in [2.24, 2.45) is 0 Å². The number of nitrogens with one attached hydrogen (secondary N) is 2. The number of H-pyrrole nitrogens is 1. The summed E-state index contributed by atoms with van der Waals surface area (Å²) in [5.74, 6) is -0.0218. The van der Waals surface area contributed by atoms with E-state index in [1.54, 1.807) is 18.5 Å². The van der Waals surface area contributed by atoms with Crippen LogP contribution in [0.15, 0.2) is 36.9 Å². The maximum Gasteiger partial charge on any atom is 0.224 e. The zero-order chi connectivity index (χ0) is 17.7. The number of pyridine rings is 1. The highest BCUT2D eigenvalue weighted by molar-refractivity contribution is 5.93. The topological polar surface area (TPSA) is 70.9 Å². The number of rotatable bonds is 4. The van der Waals surface area contributed by atoms with E-state index >= 15 is 0 Å². The lowest BCUT2D eigenvalue weighted by Gasteiger charge is -2.33. The minimum absolute atomic E-state index is 0.225. The van der Waals surface area contributed by atoms with Gasteiger partial charge in [-0.05, 0) is 31.4 Å². The lowest BCUT2D eigenvalue weighted by molar-refractivity contribution is 0.0782. The molecule has 6 nitrogen and oxygen atoms in total. The number of nitrogens with zero attached hydrogens (tertiary/aromatic N) is 4. The average molecular weight is 354 g/mol. The molecule has 1 aliphatic carbocycles. The Morgan fingerprint density at radius 1 is 1.23 bits per heavy atom. The van der Waals surface area contributed by atoms with Crippen LogP contribution in [0.25, 0.3) is 27.8 Å². The molecule has 0 spiro atoms. The zero-order valence-electron chi connectivity index (χ0n) is 13.8. The van der Waals surface area contributed by atoms with Gasteiger partial charge in [0, 0.05) is 35.1 Å². The van der Waals surface area contributed by atoms with Crippen LogP contribution in [0.5, 0.6) is 0 Å². The maximum absolute atomic E-state index is 14.1. The molecule has 0 aliphatic heterocycles. The van der Waals surface area contributed by atoms with Crippen LogP contribution in [0.1, 0.15) is 19.3 Å². The highest BCUT2D eigenvalue weighted by Crippen LogP contribution is 2.35. The first-order valence-corrected chi connectivity index (χ1v) is 8.51. The summed E-state index contributed by atoms with van der Waals surface area (Å²) in [5.41, 5.74) is 1.74. The first-order valence-electron chi connectivity index (χ1n) is 8.51. The van der Waals surface area contributed by atoms with Crippen molar-refractivity contribution in [1.82, 2.24) is 24.3 Å². The van der Waals surface area contributed by atoms with E-state index in [1.165, 1.54) is 10.6 Å². The van der Waals surface area contributed by atoms with Gasteiger partial charge < -0.3 is 10.3 Å². The third-order valence-electron chi connectivity index (χ3n) is 5.02. The van der Waals surface area contributed by atoms with Crippen LogP contribution in [-0.2, 0) is 0 Å². The van der Waals surface area contributed by atoms with Crippen LogP contribution in [-0.4, -0.2) is 36.6 Å². The molecule has 132 valence electrons. The van der Waals surface area contributed by atoms with Crippen molar-refractivity contribution in [2.75, 3.05) is 11.9 Å². The van der Waals surface area contributed by atoms with Crippen molar-refractivity contribution in [3.05, 3.63) is 42.9 Å². The van der Waals surface area contributed by atoms with Gasteiger partial charge in [-0.3, -0.25) is 4.40 Å². The minimum atomic E-state index is -1.14. The fourth-order valence-corrected chi connectivity index (χ4v) is 3.32. The molecule has 1 saturated carbocycles. The quantitative estimate of drug-likeness (QED) is 0.586. The van der Waals surface area contributed by atoms with Crippen LogP contribution in [0.3, 0.4) is 0 Å². The molecule has 1 fully saturated rings. The van der Waals surface area contributed by atoms with Crippen molar-refractivity contribution in [1.29, 1.82) is 0 Å². The van der Waals surface area contributed by atoms with Crippen LogP contribution in [0.2, 0.25) is 0 Å². The Labute approximate surface area is 147 Å². The van der Waals surface area contributed by atoms with Gasteiger partial charge in [0.15, 0.2) is 0 Å². The molecule has 0 amide bonds. The minimum Gasteiger partial charge on any atom is -0.351 e. The van der Waals surface area contributed by atoms with Gasteiger partial charge in [-0.1, -0.05) is 0 Å². The van der Waals surface area contributed by atoms with Gasteiger partial charge in [-0.15, -0.1) is 0 Å². The third-order valence-corrected chi connectivity index (χ3v) is 5.02. The molecule has 2 N–H and O–H groups in total. The number of imidazole rings is 1. The maximum atomic E-state index is 14.1. The lowest BCUT2D eigenvalue weighted by atomic mass is 9.82. The normalized spacial score (nSPS) is 16.1. The van der Waals surface area contributed by atoms with E-state index < -0.39 is 11.6 Å². The Bertz CT molecular complexity index is 1110. The number of anilines is 1. The summed E-state index contributed by atoms with van der Waals surface area (Å²) in [6.45, 7) is 0.225. The number of aromatic nitrogens is 5. The second-order valence-electron chi connectivity index (χ2n) is 6.74. The van der Waals surface area contributed by atoms with Crippen molar-refractivity contribution in [2.45, 2.75) is 24.9 Å². The van der Waals surface area contributed by atoms with Gasteiger partial charge in [-0.2, -0.15) is 9.37 Å². The Morgan fingerprint density at radius 2 is 2.12 bits per heavy atom. The molecule has 26 heavy (non-hydrogen) atoms. The van der Waals surface area contributed by atoms with E-state index in [0.29, 0.717) is 30.1 Å². The molecule has 0 radical (unpaired) electrons. The van der Waals surface area contributed by atoms with Crippen LogP contribution >= 0.6 is 0 Å². The highest BCUT2D eigenvalue weighted by atomic mass is 19.1. The predicted octanol–water partition coefficient (Wildman–Crippen LogP) is 3.72. The zero-order valence-corrected chi connectivity index (χ0v) is 13.8. The van der Waals surface area contributed by atoms with Crippen LogP contribution < -0.4 is 5.32 Å². The van der Waals surface area contributed by atoms with Crippen LogP contribution in [0.4, 0.5) is 14.7 Å². The first kappa shape index (κ1) is 15.2. The van der Waals surface area contributed by atoms with Gasteiger partial charge in [0.05, 0.1) is 12.7 Å². The number of aromatic amines is 1. The number of halogens is 2. The number of hydrogen-bond donors (Lipinski definition) is 2. The lowest BCUT2D eigenvalue weighted by Crippen LogP contribution is -2.39. The molecule has 0 unspecified atom stereocenters. The van der Waals surface area contributed by atoms with E-state index in [1.807, 2.05) is 12.3 Å². The molecule has 5 rings (SSSR count). The largest absolute Gasteiger partial charge is 0.351 e. The summed E-state index contributed by atoms with van der Waals surface area (Å²) in [6.07, 6.45) is 8.48. The number of alkyl halides is 1. The number of fused-ring (bicyclic) bond motifs is 2. The fourth-order valence-electron chi connectivity index (χ4n) is 3.32. The first-order chi connectivity index (χ1) is 12.6. The third kappa shape index (κ3) is 2.40. The fraction of sp³-hybridized carbons (Fsp3) is 0.278. The standard InChI is InChI=1S/C18H16F2N6/c19-14-8-21-15-3-2-11(9-26(14)15)12-6-22-16-13(12)7-23-17(25-16)24-10-18(20)4-1-5-18/h2-3,6-9H,1,4-5,10H2,(H2,22,23,24,25). The molecular weight excluding hydrogens is 338 g/mol. The molecule has 4 aromatic heterocycles. The molecule has 0 atom stereocenters. The van der Waals surface area contributed by atoms with E-state index in [0.717, 1.165) is 22.9 Å². The molecule has 4 heterocycles. The summed E-state index contributed by atoms with van der Waals surface area (Å²) in [7, 11) is 0. The van der Waals surface area contributed by atoms with E-state index in [-0.39, 0.29) is 6.54 Å².